The van der Waals surface area contributed by atoms with Crippen molar-refractivity contribution in [3.63, 3.8) is 0 Å². The van der Waals surface area contributed by atoms with Gasteiger partial charge in [-0.2, -0.15) is 0 Å². The quantitative estimate of drug-likeness (QED) is 0.881. The third-order valence-corrected chi connectivity index (χ3v) is 4.05. The standard InChI is InChI=1S/C15H20F2N2/c16-13-2-1-12(15(17)7-13)10-19-6-5-11(9-19)8-18-14-3-4-14/h1-2,7,11,14,18H,3-6,8-10H2. The Morgan fingerprint density at radius 2 is 2.05 bits per heavy atom. The van der Waals surface area contributed by atoms with Crippen molar-refractivity contribution in [3.8, 4) is 0 Å². The molecular formula is C15H20F2N2. The van der Waals surface area contributed by atoms with E-state index in [0.717, 1.165) is 31.7 Å². The largest absolute Gasteiger partial charge is 0.314 e. The molecule has 3 rings (SSSR count). The van der Waals surface area contributed by atoms with Gasteiger partial charge < -0.3 is 5.32 Å². The van der Waals surface area contributed by atoms with Crippen LogP contribution in [0.3, 0.4) is 0 Å². The molecule has 104 valence electrons. The van der Waals surface area contributed by atoms with Crippen LogP contribution in [0.4, 0.5) is 8.78 Å². The number of hydrogen-bond donors (Lipinski definition) is 1. The zero-order valence-electron chi connectivity index (χ0n) is 11.0. The summed E-state index contributed by atoms with van der Waals surface area (Å²) in [6, 6.07) is 4.61. The highest BCUT2D eigenvalue weighted by molar-refractivity contribution is 5.18. The number of nitrogens with one attached hydrogen (secondary N) is 1. The molecule has 0 bridgehead atoms. The Balaban J connectivity index is 1.50. The Labute approximate surface area is 112 Å². The highest BCUT2D eigenvalue weighted by Gasteiger charge is 2.26. The second kappa shape index (κ2) is 5.55. The highest BCUT2D eigenvalue weighted by atomic mass is 19.1. The summed E-state index contributed by atoms with van der Waals surface area (Å²) in [5, 5.41) is 3.55. The summed E-state index contributed by atoms with van der Waals surface area (Å²) in [6.45, 7) is 3.68. The number of likely N-dealkylation sites (tertiary alicyclic amines) is 1. The normalized spacial score (nSPS) is 24.0. The van der Waals surface area contributed by atoms with Crippen LogP contribution in [0.5, 0.6) is 0 Å². The molecule has 0 amide bonds. The van der Waals surface area contributed by atoms with Crippen LogP contribution in [0, 0.1) is 17.6 Å². The van der Waals surface area contributed by atoms with E-state index < -0.39 is 11.6 Å². The third-order valence-electron chi connectivity index (χ3n) is 4.05. The molecule has 2 nitrogen and oxygen atoms in total. The second-order valence-electron chi connectivity index (χ2n) is 5.81. The van der Waals surface area contributed by atoms with Crippen LogP contribution in [-0.4, -0.2) is 30.6 Å². The Morgan fingerprint density at radius 1 is 1.21 bits per heavy atom. The minimum Gasteiger partial charge on any atom is -0.314 e. The smallest absolute Gasteiger partial charge is 0.130 e. The topological polar surface area (TPSA) is 15.3 Å². The zero-order valence-corrected chi connectivity index (χ0v) is 11.0. The number of nitrogens with zero attached hydrogens (tertiary/aromatic N) is 1. The molecule has 0 aromatic heterocycles. The fraction of sp³-hybridized carbons (Fsp3) is 0.600. The summed E-state index contributed by atoms with van der Waals surface area (Å²) >= 11 is 0. The lowest BCUT2D eigenvalue weighted by atomic mass is 10.1. The first-order valence-electron chi connectivity index (χ1n) is 7.10. The third kappa shape index (κ3) is 3.51. The van der Waals surface area contributed by atoms with Crippen molar-refractivity contribution >= 4 is 0 Å². The van der Waals surface area contributed by atoms with E-state index in [1.165, 1.54) is 25.3 Å². The molecule has 1 saturated carbocycles. The second-order valence-corrected chi connectivity index (χ2v) is 5.81. The summed E-state index contributed by atoms with van der Waals surface area (Å²) < 4.78 is 26.4. The van der Waals surface area contributed by atoms with E-state index in [0.29, 0.717) is 18.0 Å². The van der Waals surface area contributed by atoms with Gasteiger partial charge in [-0.15, -0.1) is 0 Å². The van der Waals surface area contributed by atoms with Crippen LogP contribution >= 0.6 is 0 Å². The zero-order chi connectivity index (χ0) is 13.2. The average molecular weight is 266 g/mol. The lowest BCUT2D eigenvalue weighted by Crippen LogP contribution is -2.27. The van der Waals surface area contributed by atoms with Gasteiger partial charge in [0.2, 0.25) is 0 Å². The van der Waals surface area contributed by atoms with Crippen molar-refractivity contribution in [2.75, 3.05) is 19.6 Å². The Morgan fingerprint density at radius 3 is 2.79 bits per heavy atom. The lowest BCUT2D eigenvalue weighted by Gasteiger charge is -2.16. The number of rotatable bonds is 5. The van der Waals surface area contributed by atoms with Gasteiger partial charge in [0.1, 0.15) is 11.6 Å². The molecule has 1 atom stereocenters. The molecule has 0 spiro atoms. The minimum absolute atomic E-state index is 0.431. The minimum atomic E-state index is -0.505. The molecule has 1 N–H and O–H groups in total. The van der Waals surface area contributed by atoms with E-state index in [-0.39, 0.29) is 0 Å². The molecule has 1 heterocycles. The summed E-state index contributed by atoms with van der Waals surface area (Å²) in [6.07, 6.45) is 3.80. The van der Waals surface area contributed by atoms with E-state index in [2.05, 4.69) is 10.2 Å². The Kier molecular flexibility index (Phi) is 3.80. The molecule has 1 aromatic rings. The van der Waals surface area contributed by atoms with Crippen LogP contribution in [0.15, 0.2) is 18.2 Å². The van der Waals surface area contributed by atoms with Gasteiger partial charge in [-0.1, -0.05) is 6.07 Å². The molecule has 0 radical (unpaired) electrons. The predicted octanol–water partition coefficient (Wildman–Crippen LogP) is 2.54. The van der Waals surface area contributed by atoms with E-state index in [1.807, 2.05) is 0 Å². The van der Waals surface area contributed by atoms with Crippen LogP contribution in [-0.2, 0) is 6.54 Å². The van der Waals surface area contributed by atoms with Crippen LogP contribution in [0.1, 0.15) is 24.8 Å². The van der Waals surface area contributed by atoms with E-state index in [9.17, 15) is 8.78 Å². The van der Waals surface area contributed by atoms with Gasteiger partial charge in [0.05, 0.1) is 0 Å². The van der Waals surface area contributed by atoms with Gasteiger partial charge >= 0.3 is 0 Å². The molecule has 2 fully saturated rings. The van der Waals surface area contributed by atoms with Crippen LogP contribution < -0.4 is 5.32 Å². The monoisotopic (exact) mass is 266 g/mol. The molecule has 1 unspecified atom stereocenters. The predicted molar refractivity (Wildman–Crippen MR) is 70.8 cm³/mol. The molecule has 1 aliphatic carbocycles. The van der Waals surface area contributed by atoms with Crippen molar-refractivity contribution in [2.24, 2.45) is 5.92 Å². The molecular weight excluding hydrogens is 246 g/mol. The first-order valence-corrected chi connectivity index (χ1v) is 7.10. The molecule has 4 heteroatoms. The maximum atomic E-state index is 13.6. The van der Waals surface area contributed by atoms with Crippen molar-refractivity contribution in [1.82, 2.24) is 10.2 Å². The summed E-state index contributed by atoms with van der Waals surface area (Å²) in [4.78, 5) is 2.26. The van der Waals surface area contributed by atoms with Crippen molar-refractivity contribution in [3.05, 3.63) is 35.4 Å². The average Bonchev–Trinajstić information content (AvgIpc) is 3.10. The molecule has 19 heavy (non-hydrogen) atoms. The summed E-state index contributed by atoms with van der Waals surface area (Å²) in [7, 11) is 0. The van der Waals surface area contributed by atoms with Gasteiger partial charge in [-0.05, 0) is 44.3 Å². The van der Waals surface area contributed by atoms with Crippen molar-refractivity contribution in [1.29, 1.82) is 0 Å². The van der Waals surface area contributed by atoms with E-state index in [4.69, 9.17) is 0 Å². The van der Waals surface area contributed by atoms with Crippen molar-refractivity contribution in [2.45, 2.75) is 31.8 Å². The van der Waals surface area contributed by atoms with Gasteiger partial charge in [0.25, 0.3) is 0 Å². The number of halogens is 2. The van der Waals surface area contributed by atoms with Crippen LogP contribution in [0.25, 0.3) is 0 Å². The highest BCUT2D eigenvalue weighted by Crippen LogP contribution is 2.22. The number of benzene rings is 1. The number of hydrogen-bond acceptors (Lipinski definition) is 2. The van der Waals surface area contributed by atoms with Gasteiger partial charge in [0.15, 0.2) is 0 Å². The fourth-order valence-electron chi connectivity index (χ4n) is 2.73. The summed E-state index contributed by atoms with van der Waals surface area (Å²) in [5.41, 5.74) is 0.595. The van der Waals surface area contributed by atoms with Gasteiger partial charge in [0, 0.05) is 30.8 Å². The Hall–Kier alpha value is -1.00. The van der Waals surface area contributed by atoms with Gasteiger partial charge in [-0.25, -0.2) is 8.78 Å². The van der Waals surface area contributed by atoms with Gasteiger partial charge in [-0.3, -0.25) is 4.90 Å². The summed E-state index contributed by atoms with van der Waals surface area (Å²) in [5.74, 6) is -0.266. The Bertz CT molecular complexity index is 446. The lowest BCUT2D eigenvalue weighted by molar-refractivity contribution is 0.309. The maximum Gasteiger partial charge on any atom is 0.130 e. The first-order chi connectivity index (χ1) is 9.20. The van der Waals surface area contributed by atoms with E-state index in [1.54, 1.807) is 6.07 Å². The SMILES string of the molecule is Fc1ccc(CN2CCC(CNC3CC3)C2)c(F)c1. The molecule has 1 aromatic carbocycles. The molecule has 2 aliphatic rings. The van der Waals surface area contributed by atoms with Crippen LogP contribution in [0.2, 0.25) is 0 Å². The molecule has 1 saturated heterocycles. The van der Waals surface area contributed by atoms with E-state index >= 15 is 0 Å². The fourth-order valence-corrected chi connectivity index (χ4v) is 2.73. The first kappa shape index (κ1) is 13.0. The molecule has 1 aliphatic heterocycles. The maximum absolute atomic E-state index is 13.6. The van der Waals surface area contributed by atoms with Crippen molar-refractivity contribution < 1.29 is 8.78 Å².